The highest BCUT2D eigenvalue weighted by molar-refractivity contribution is 5.70. The number of anilines is 2. The van der Waals surface area contributed by atoms with E-state index in [-0.39, 0.29) is 35.7 Å². The average molecular weight is 483 g/mol. The lowest BCUT2D eigenvalue weighted by Gasteiger charge is -2.31. The van der Waals surface area contributed by atoms with Crippen LogP contribution in [0, 0.1) is 18.8 Å². The number of carboxylic acid groups (broad SMARTS) is 1. The van der Waals surface area contributed by atoms with Crippen LogP contribution >= 0.6 is 0 Å². The molecule has 9 heteroatoms. The molecule has 3 N–H and O–H groups in total. The first-order valence-corrected chi connectivity index (χ1v) is 11.6. The molecule has 1 unspecified atom stereocenters. The molecule has 184 valence electrons. The Balaban J connectivity index is 1.50. The van der Waals surface area contributed by atoms with Gasteiger partial charge < -0.3 is 15.5 Å². The van der Waals surface area contributed by atoms with Crippen molar-refractivity contribution in [1.29, 1.82) is 0 Å². The molecule has 0 aromatic carbocycles. The first-order valence-electron chi connectivity index (χ1n) is 11.6. The maximum atomic E-state index is 13.0. The summed E-state index contributed by atoms with van der Waals surface area (Å²) in [5.74, 6) is -0.240. The van der Waals surface area contributed by atoms with Gasteiger partial charge in [0.15, 0.2) is 0 Å². The van der Waals surface area contributed by atoms with Gasteiger partial charge in [-0.3, -0.25) is 9.78 Å². The molecule has 1 atom stereocenters. The van der Waals surface area contributed by atoms with Crippen molar-refractivity contribution in [2.24, 2.45) is 11.8 Å². The number of aryl methyl sites for hydroxylation is 1. The number of nitrogens with zero attached hydrogens (tertiary/aromatic N) is 3. The molecule has 7 nitrogen and oxygen atoms in total. The second kappa shape index (κ2) is 10.9. The van der Waals surface area contributed by atoms with E-state index in [1.54, 1.807) is 12.3 Å². The molecule has 35 heavy (non-hydrogen) atoms. The first-order chi connectivity index (χ1) is 16.8. The maximum Gasteiger partial charge on any atom is 0.306 e. The summed E-state index contributed by atoms with van der Waals surface area (Å²) >= 11 is 0. The molecule has 1 aliphatic rings. The Morgan fingerprint density at radius 2 is 1.86 bits per heavy atom. The summed E-state index contributed by atoms with van der Waals surface area (Å²) in [5.41, 5.74) is 3.02. The minimum atomic E-state index is -2.58. The summed E-state index contributed by atoms with van der Waals surface area (Å²) in [5, 5.41) is 22.2. The quantitative estimate of drug-likeness (QED) is 0.389. The van der Waals surface area contributed by atoms with E-state index in [0.717, 1.165) is 29.7 Å². The lowest BCUT2D eigenvalue weighted by Crippen LogP contribution is -2.26. The van der Waals surface area contributed by atoms with Gasteiger partial charge in [-0.15, -0.1) is 0 Å². The van der Waals surface area contributed by atoms with Crippen molar-refractivity contribution in [3.63, 3.8) is 0 Å². The standard InChI is InChI=1S/C26H28F2N4O3/c1-15-10-22(31-24(11-15)32-23-12-18(25(27)28)8-9-29-23)19-6-7-21(30-13-19)20(14-33)16-2-4-17(5-3-16)26(34)35/h6-13,16-17,20,25,33H,2-5,14H2,1H3,(H,34,35)(H,29,31,32). The van der Waals surface area contributed by atoms with E-state index >= 15 is 0 Å². The molecule has 0 amide bonds. The summed E-state index contributed by atoms with van der Waals surface area (Å²) in [6.45, 7) is 1.87. The van der Waals surface area contributed by atoms with Gasteiger partial charge in [-0.05, 0) is 80.5 Å². The summed E-state index contributed by atoms with van der Waals surface area (Å²) in [7, 11) is 0. The minimum absolute atomic E-state index is 0.0454. The zero-order chi connectivity index (χ0) is 24.9. The van der Waals surface area contributed by atoms with Gasteiger partial charge in [0.05, 0.1) is 18.2 Å². The highest BCUT2D eigenvalue weighted by Crippen LogP contribution is 2.38. The third-order valence-electron chi connectivity index (χ3n) is 6.61. The van der Waals surface area contributed by atoms with Crippen molar-refractivity contribution < 1.29 is 23.8 Å². The minimum Gasteiger partial charge on any atom is -0.481 e. The number of pyridine rings is 3. The molecule has 0 saturated heterocycles. The average Bonchev–Trinajstić information content (AvgIpc) is 2.85. The summed E-state index contributed by atoms with van der Waals surface area (Å²) < 4.78 is 26.0. The van der Waals surface area contributed by atoms with Crippen LogP contribution in [0.2, 0.25) is 0 Å². The topological polar surface area (TPSA) is 108 Å². The van der Waals surface area contributed by atoms with Crippen LogP contribution in [0.3, 0.4) is 0 Å². The molecule has 0 bridgehead atoms. The van der Waals surface area contributed by atoms with Crippen LogP contribution in [0.4, 0.5) is 20.4 Å². The van der Waals surface area contributed by atoms with Crippen LogP contribution in [-0.2, 0) is 4.79 Å². The third kappa shape index (κ3) is 5.97. The maximum absolute atomic E-state index is 13.0. The lowest BCUT2D eigenvalue weighted by atomic mass is 9.75. The molecule has 1 saturated carbocycles. The first kappa shape index (κ1) is 24.7. The Hall–Kier alpha value is -3.46. The normalized spacial score (nSPS) is 18.9. The number of hydrogen-bond donors (Lipinski definition) is 3. The van der Waals surface area contributed by atoms with Gasteiger partial charge in [-0.2, -0.15) is 0 Å². The van der Waals surface area contributed by atoms with Gasteiger partial charge in [0.1, 0.15) is 11.6 Å². The Kier molecular flexibility index (Phi) is 7.65. The molecular formula is C26H28F2N4O3. The number of carboxylic acids is 1. The number of halogens is 2. The molecule has 0 spiro atoms. The van der Waals surface area contributed by atoms with Crippen molar-refractivity contribution in [2.45, 2.75) is 45.0 Å². The number of aliphatic carboxylic acids is 1. The van der Waals surface area contributed by atoms with Crippen molar-refractivity contribution in [3.8, 4) is 11.3 Å². The van der Waals surface area contributed by atoms with Gasteiger partial charge in [-0.25, -0.2) is 18.7 Å². The molecule has 0 aliphatic heterocycles. The molecule has 3 aromatic heterocycles. The summed E-state index contributed by atoms with van der Waals surface area (Å²) in [6.07, 6.45) is 3.19. The van der Waals surface area contributed by atoms with Crippen LogP contribution in [0.1, 0.15) is 54.8 Å². The van der Waals surface area contributed by atoms with Crippen LogP contribution in [0.5, 0.6) is 0 Å². The number of carbonyl (C=O) groups is 1. The Morgan fingerprint density at radius 3 is 2.49 bits per heavy atom. The molecule has 1 aliphatic carbocycles. The fourth-order valence-electron chi connectivity index (χ4n) is 4.69. The van der Waals surface area contributed by atoms with Gasteiger partial charge in [0, 0.05) is 35.1 Å². The van der Waals surface area contributed by atoms with Gasteiger partial charge in [0.25, 0.3) is 6.43 Å². The van der Waals surface area contributed by atoms with E-state index in [9.17, 15) is 23.8 Å². The van der Waals surface area contributed by atoms with E-state index in [4.69, 9.17) is 0 Å². The number of nitrogens with one attached hydrogen (secondary N) is 1. The number of alkyl halides is 2. The van der Waals surface area contributed by atoms with E-state index < -0.39 is 12.4 Å². The van der Waals surface area contributed by atoms with Crippen LogP contribution in [-0.4, -0.2) is 37.7 Å². The van der Waals surface area contributed by atoms with Crippen molar-refractivity contribution in [2.75, 3.05) is 11.9 Å². The zero-order valence-corrected chi connectivity index (χ0v) is 19.4. The van der Waals surface area contributed by atoms with E-state index in [0.29, 0.717) is 24.4 Å². The van der Waals surface area contributed by atoms with E-state index in [1.807, 2.05) is 25.1 Å². The predicted octanol–water partition coefficient (Wildman–Crippen LogP) is 5.50. The van der Waals surface area contributed by atoms with Gasteiger partial charge in [0.2, 0.25) is 0 Å². The number of aliphatic hydroxyl groups excluding tert-OH is 1. The SMILES string of the molecule is Cc1cc(Nc2cc(C(F)F)ccn2)nc(-c2ccc(C(CO)C3CCC(C(=O)O)CC3)nc2)c1. The smallest absolute Gasteiger partial charge is 0.306 e. The fraction of sp³-hybridized carbons (Fsp3) is 0.385. The summed E-state index contributed by atoms with van der Waals surface area (Å²) in [4.78, 5) is 24.5. The number of hydrogen-bond acceptors (Lipinski definition) is 6. The van der Waals surface area contributed by atoms with Gasteiger partial charge >= 0.3 is 5.97 Å². The molecule has 3 aromatic rings. The molecule has 1 fully saturated rings. The predicted molar refractivity (Wildman–Crippen MR) is 128 cm³/mol. The molecule has 0 radical (unpaired) electrons. The number of rotatable bonds is 8. The second-order valence-electron chi connectivity index (χ2n) is 9.03. The van der Waals surface area contributed by atoms with Gasteiger partial charge in [-0.1, -0.05) is 0 Å². The molecule has 3 heterocycles. The number of aliphatic hydroxyl groups is 1. The second-order valence-corrected chi connectivity index (χ2v) is 9.03. The summed E-state index contributed by atoms with van der Waals surface area (Å²) in [6, 6.07) is 10.1. The molecular weight excluding hydrogens is 454 g/mol. The van der Waals surface area contributed by atoms with E-state index in [2.05, 4.69) is 20.3 Å². The van der Waals surface area contributed by atoms with Crippen molar-refractivity contribution >= 4 is 17.6 Å². The highest BCUT2D eigenvalue weighted by Gasteiger charge is 2.31. The van der Waals surface area contributed by atoms with Crippen molar-refractivity contribution in [3.05, 3.63) is 65.6 Å². The monoisotopic (exact) mass is 482 g/mol. The van der Waals surface area contributed by atoms with Crippen LogP contribution in [0.25, 0.3) is 11.3 Å². The lowest BCUT2D eigenvalue weighted by molar-refractivity contribution is -0.143. The van der Waals surface area contributed by atoms with Crippen LogP contribution in [0.15, 0.2) is 48.8 Å². The fourth-order valence-corrected chi connectivity index (χ4v) is 4.69. The van der Waals surface area contributed by atoms with Crippen LogP contribution < -0.4 is 5.32 Å². The largest absolute Gasteiger partial charge is 0.481 e. The number of aromatic nitrogens is 3. The highest BCUT2D eigenvalue weighted by atomic mass is 19.3. The molecule has 4 rings (SSSR count). The Bertz CT molecular complexity index is 1170. The Morgan fingerprint density at radius 1 is 1.09 bits per heavy atom. The third-order valence-corrected chi connectivity index (χ3v) is 6.61. The zero-order valence-electron chi connectivity index (χ0n) is 19.4. The Labute approximate surface area is 202 Å². The van der Waals surface area contributed by atoms with E-state index in [1.165, 1.54) is 18.3 Å². The van der Waals surface area contributed by atoms with Crippen molar-refractivity contribution in [1.82, 2.24) is 15.0 Å².